The molecule has 1 aliphatic rings. The molecule has 1 atom stereocenters. The Labute approximate surface area is 124 Å². The van der Waals surface area contributed by atoms with Crippen LogP contribution < -0.4 is 0 Å². The largest absolute Gasteiger partial charge is 0.122 e. The molecule has 2 heteroatoms. The zero-order valence-corrected chi connectivity index (χ0v) is 13.2. The molecule has 2 rings (SSSR count). The van der Waals surface area contributed by atoms with Crippen LogP contribution in [0.4, 0.5) is 0 Å². The van der Waals surface area contributed by atoms with Crippen molar-refractivity contribution in [2.75, 3.05) is 0 Å². The molecule has 0 nitrogen and oxygen atoms in total. The first kappa shape index (κ1) is 14.4. The summed E-state index contributed by atoms with van der Waals surface area (Å²) in [6.45, 7) is 0. The standard InChI is InChI=1S/C16H22BrCl/c17-15-10-6-7-13(11-15)12-16(18)14-8-4-2-1-3-5-9-14/h6-7,10-11,14,16H,1-5,8-9,12H2. The number of alkyl halides is 1. The molecule has 0 heterocycles. The van der Waals surface area contributed by atoms with Crippen molar-refractivity contribution >= 4 is 27.5 Å². The minimum absolute atomic E-state index is 0.303. The molecule has 1 fully saturated rings. The molecule has 100 valence electrons. The van der Waals surface area contributed by atoms with Crippen LogP contribution in [0.2, 0.25) is 0 Å². The summed E-state index contributed by atoms with van der Waals surface area (Å²) in [5.74, 6) is 0.714. The molecule has 0 bridgehead atoms. The predicted octanol–water partition coefficient (Wildman–Crippen LogP) is 5.96. The summed E-state index contributed by atoms with van der Waals surface area (Å²) in [5.41, 5.74) is 1.35. The molecule has 0 spiro atoms. The molecule has 1 unspecified atom stereocenters. The molecule has 0 aromatic heterocycles. The van der Waals surface area contributed by atoms with Crippen molar-refractivity contribution in [3.8, 4) is 0 Å². The fourth-order valence-electron chi connectivity index (χ4n) is 2.91. The maximum absolute atomic E-state index is 6.66. The summed E-state index contributed by atoms with van der Waals surface area (Å²) in [6, 6.07) is 8.55. The van der Waals surface area contributed by atoms with Crippen molar-refractivity contribution in [2.45, 2.75) is 56.7 Å². The molecule has 18 heavy (non-hydrogen) atoms. The lowest BCUT2D eigenvalue weighted by atomic mass is 9.86. The molecule has 1 aromatic rings. The summed E-state index contributed by atoms with van der Waals surface area (Å²) >= 11 is 10.2. The van der Waals surface area contributed by atoms with Crippen LogP contribution in [0.3, 0.4) is 0 Å². The average Bonchev–Trinajstić information content (AvgIpc) is 2.28. The van der Waals surface area contributed by atoms with Gasteiger partial charge in [-0.1, -0.05) is 60.2 Å². The molecule has 1 aliphatic carbocycles. The molecular weight excluding hydrogens is 308 g/mol. The minimum Gasteiger partial charge on any atom is -0.122 e. The lowest BCUT2D eigenvalue weighted by molar-refractivity contribution is 0.364. The Bertz CT molecular complexity index is 356. The van der Waals surface area contributed by atoms with Gasteiger partial charge in [0.1, 0.15) is 0 Å². The number of halogens is 2. The highest BCUT2D eigenvalue weighted by molar-refractivity contribution is 9.10. The summed E-state index contributed by atoms with van der Waals surface area (Å²) in [7, 11) is 0. The number of benzene rings is 1. The Morgan fingerprint density at radius 3 is 2.44 bits per heavy atom. The maximum Gasteiger partial charge on any atom is 0.0404 e. The molecule has 1 saturated carbocycles. The van der Waals surface area contributed by atoms with Crippen LogP contribution in [0.15, 0.2) is 28.7 Å². The number of rotatable bonds is 3. The fourth-order valence-corrected chi connectivity index (χ4v) is 3.78. The van der Waals surface area contributed by atoms with Gasteiger partial charge in [0.25, 0.3) is 0 Å². The van der Waals surface area contributed by atoms with Gasteiger partial charge in [-0.05, 0) is 42.9 Å². The Kier molecular flexibility index (Phi) is 6.04. The molecule has 1 aromatic carbocycles. The van der Waals surface area contributed by atoms with Gasteiger partial charge in [-0.3, -0.25) is 0 Å². The van der Waals surface area contributed by atoms with E-state index in [0.717, 1.165) is 10.9 Å². The van der Waals surface area contributed by atoms with Gasteiger partial charge in [-0.25, -0.2) is 0 Å². The van der Waals surface area contributed by atoms with E-state index in [-0.39, 0.29) is 0 Å². The summed E-state index contributed by atoms with van der Waals surface area (Å²) in [4.78, 5) is 0. The van der Waals surface area contributed by atoms with Gasteiger partial charge >= 0.3 is 0 Å². The highest BCUT2D eigenvalue weighted by Crippen LogP contribution is 2.29. The van der Waals surface area contributed by atoms with E-state index in [9.17, 15) is 0 Å². The van der Waals surface area contributed by atoms with Crippen LogP contribution in [0, 0.1) is 5.92 Å². The second-order valence-corrected chi connectivity index (χ2v) is 6.93. The lowest BCUT2D eigenvalue weighted by Gasteiger charge is -2.24. The summed E-state index contributed by atoms with van der Waals surface area (Å²) in [5, 5.41) is 0.303. The second-order valence-electron chi connectivity index (χ2n) is 5.46. The molecule has 0 aliphatic heterocycles. The van der Waals surface area contributed by atoms with Gasteiger partial charge in [0, 0.05) is 9.85 Å². The zero-order valence-electron chi connectivity index (χ0n) is 10.9. The second kappa shape index (κ2) is 7.55. The SMILES string of the molecule is ClC(Cc1cccc(Br)c1)C1CCCCCCC1. The van der Waals surface area contributed by atoms with Crippen LogP contribution in [-0.4, -0.2) is 5.38 Å². The van der Waals surface area contributed by atoms with E-state index in [1.54, 1.807) is 0 Å². The summed E-state index contributed by atoms with van der Waals surface area (Å²) < 4.78 is 1.15. The first-order chi connectivity index (χ1) is 8.75. The number of hydrogen-bond acceptors (Lipinski definition) is 0. The molecule has 0 saturated heterocycles. The van der Waals surface area contributed by atoms with E-state index in [1.807, 2.05) is 0 Å². The number of hydrogen-bond donors (Lipinski definition) is 0. The van der Waals surface area contributed by atoms with Crippen LogP contribution in [0.1, 0.15) is 50.5 Å². The highest BCUT2D eigenvalue weighted by Gasteiger charge is 2.20. The van der Waals surface area contributed by atoms with Crippen molar-refractivity contribution in [3.63, 3.8) is 0 Å². The molecule has 0 amide bonds. The van der Waals surface area contributed by atoms with Crippen molar-refractivity contribution in [3.05, 3.63) is 34.3 Å². The third kappa shape index (κ3) is 4.59. The van der Waals surface area contributed by atoms with Gasteiger partial charge in [0.05, 0.1) is 0 Å². The van der Waals surface area contributed by atoms with E-state index in [2.05, 4.69) is 40.2 Å². The van der Waals surface area contributed by atoms with E-state index >= 15 is 0 Å². The van der Waals surface area contributed by atoms with Crippen molar-refractivity contribution < 1.29 is 0 Å². The minimum atomic E-state index is 0.303. The normalized spacial score (nSPS) is 20.1. The Balaban J connectivity index is 1.91. The third-order valence-corrected chi connectivity index (χ3v) is 4.98. The molecule has 0 N–H and O–H groups in total. The first-order valence-corrected chi connectivity index (χ1v) is 8.37. The fraction of sp³-hybridized carbons (Fsp3) is 0.625. The maximum atomic E-state index is 6.66. The zero-order chi connectivity index (χ0) is 12.8. The van der Waals surface area contributed by atoms with Crippen LogP contribution in [0.25, 0.3) is 0 Å². The van der Waals surface area contributed by atoms with E-state index in [1.165, 1.54) is 50.5 Å². The van der Waals surface area contributed by atoms with E-state index in [0.29, 0.717) is 11.3 Å². The van der Waals surface area contributed by atoms with Crippen molar-refractivity contribution in [1.82, 2.24) is 0 Å². The van der Waals surface area contributed by atoms with Gasteiger partial charge in [0.15, 0.2) is 0 Å². The van der Waals surface area contributed by atoms with E-state index in [4.69, 9.17) is 11.6 Å². The van der Waals surface area contributed by atoms with Gasteiger partial charge in [-0.2, -0.15) is 0 Å². The smallest absolute Gasteiger partial charge is 0.0404 e. The van der Waals surface area contributed by atoms with Gasteiger partial charge in [-0.15, -0.1) is 11.6 Å². The Hall–Kier alpha value is -0.0100. The third-order valence-electron chi connectivity index (χ3n) is 3.98. The Morgan fingerprint density at radius 2 is 1.78 bits per heavy atom. The summed E-state index contributed by atoms with van der Waals surface area (Å²) in [6.07, 6.45) is 10.6. The quantitative estimate of drug-likeness (QED) is 0.600. The predicted molar refractivity (Wildman–Crippen MR) is 83.3 cm³/mol. The van der Waals surface area contributed by atoms with Crippen LogP contribution >= 0.6 is 27.5 Å². The van der Waals surface area contributed by atoms with Crippen LogP contribution in [0.5, 0.6) is 0 Å². The van der Waals surface area contributed by atoms with Crippen LogP contribution in [-0.2, 0) is 6.42 Å². The average molecular weight is 330 g/mol. The van der Waals surface area contributed by atoms with Gasteiger partial charge < -0.3 is 0 Å². The Morgan fingerprint density at radius 1 is 1.11 bits per heavy atom. The first-order valence-electron chi connectivity index (χ1n) is 7.14. The lowest BCUT2D eigenvalue weighted by Crippen LogP contribution is -2.18. The molecular formula is C16H22BrCl. The van der Waals surface area contributed by atoms with Crippen molar-refractivity contribution in [1.29, 1.82) is 0 Å². The highest BCUT2D eigenvalue weighted by atomic mass is 79.9. The van der Waals surface area contributed by atoms with Gasteiger partial charge in [0.2, 0.25) is 0 Å². The molecule has 0 radical (unpaired) electrons. The van der Waals surface area contributed by atoms with Crippen molar-refractivity contribution in [2.24, 2.45) is 5.92 Å². The monoisotopic (exact) mass is 328 g/mol. The topological polar surface area (TPSA) is 0 Å². The van der Waals surface area contributed by atoms with E-state index < -0.39 is 0 Å².